The lowest BCUT2D eigenvalue weighted by molar-refractivity contribution is 0.0557. The van der Waals surface area contributed by atoms with Crippen LogP contribution in [-0.2, 0) is 0 Å². The Labute approximate surface area is 152 Å². The number of nitrogens with zero attached hydrogens (tertiary/aromatic N) is 3. The van der Waals surface area contributed by atoms with Crippen LogP contribution in [0.4, 0.5) is 0 Å². The van der Waals surface area contributed by atoms with Gasteiger partial charge in [-0.05, 0) is 38.3 Å². The van der Waals surface area contributed by atoms with Crippen molar-refractivity contribution in [2.45, 2.75) is 32.2 Å². The van der Waals surface area contributed by atoms with Crippen molar-refractivity contribution in [3.05, 3.63) is 35.5 Å². The van der Waals surface area contributed by atoms with E-state index in [-0.39, 0.29) is 11.9 Å². The van der Waals surface area contributed by atoms with E-state index in [2.05, 4.69) is 10.1 Å². The maximum Gasteiger partial charge on any atom is 0.258 e. The van der Waals surface area contributed by atoms with Crippen LogP contribution in [0.5, 0.6) is 11.5 Å². The number of aryl methyl sites for hydroxylation is 1. The topological polar surface area (TPSA) is 104 Å². The molecular weight excluding hydrogens is 336 g/mol. The lowest BCUT2D eigenvalue weighted by Gasteiger charge is -2.33. The Morgan fingerprint density at radius 1 is 1.42 bits per heavy atom. The smallest absolute Gasteiger partial charge is 0.258 e. The molecule has 1 fully saturated rings. The summed E-state index contributed by atoms with van der Waals surface area (Å²) in [5.41, 5.74) is 6.01. The maximum absolute atomic E-state index is 13.3. The number of nitrogens with two attached hydrogens (primary N) is 1. The van der Waals surface area contributed by atoms with Gasteiger partial charge in [0.25, 0.3) is 5.91 Å². The first-order valence-corrected chi connectivity index (χ1v) is 8.76. The van der Waals surface area contributed by atoms with Crippen LogP contribution in [0.3, 0.4) is 0 Å². The molecule has 3 rings (SSSR count). The molecule has 1 saturated heterocycles. The molecule has 0 saturated carbocycles. The summed E-state index contributed by atoms with van der Waals surface area (Å²) in [6.45, 7) is 3.08. The predicted molar refractivity (Wildman–Crippen MR) is 94.2 cm³/mol. The number of methoxy groups -OCH3 is 1. The third kappa shape index (κ3) is 3.80. The number of aromatic nitrogens is 2. The van der Waals surface area contributed by atoms with Crippen molar-refractivity contribution in [3.63, 3.8) is 0 Å². The van der Waals surface area contributed by atoms with Crippen LogP contribution >= 0.6 is 0 Å². The van der Waals surface area contributed by atoms with Crippen LogP contribution in [0.1, 0.15) is 47.4 Å². The van der Waals surface area contributed by atoms with Gasteiger partial charge in [-0.25, -0.2) is 0 Å². The van der Waals surface area contributed by atoms with Crippen LogP contribution in [0.25, 0.3) is 0 Å². The molecule has 140 valence electrons. The molecule has 0 bridgehead atoms. The Hall–Kier alpha value is -2.61. The molecule has 1 atom stereocenters. The van der Waals surface area contributed by atoms with E-state index in [9.17, 15) is 4.79 Å². The maximum atomic E-state index is 13.3. The second-order valence-corrected chi connectivity index (χ2v) is 6.19. The highest BCUT2D eigenvalue weighted by molar-refractivity contribution is 5.97. The molecule has 2 heterocycles. The first-order chi connectivity index (χ1) is 12.6. The Morgan fingerprint density at radius 3 is 2.96 bits per heavy atom. The molecule has 1 amide bonds. The SMILES string of the molecule is COc1ccc(C(=O)N2CCCCC2c2nc(C)no2)c(OCCN)c1. The number of carbonyl (C=O) groups excluding carboxylic acids is 1. The van der Waals surface area contributed by atoms with Gasteiger partial charge in [0.1, 0.15) is 24.1 Å². The number of carbonyl (C=O) groups is 1. The average Bonchev–Trinajstić information content (AvgIpc) is 3.11. The summed E-state index contributed by atoms with van der Waals surface area (Å²) in [6, 6.07) is 4.95. The molecule has 2 N–H and O–H groups in total. The first-order valence-electron chi connectivity index (χ1n) is 8.76. The van der Waals surface area contributed by atoms with Crippen LogP contribution in [0, 0.1) is 6.92 Å². The number of likely N-dealkylation sites (tertiary alicyclic amines) is 1. The first kappa shape index (κ1) is 18.2. The molecule has 0 aliphatic carbocycles. The largest absolute Gasteiger partial charge is 0.497 e. The minimum absolute atomic E-state index is 0.125. The monoisotopic (exact) mass is 360 g/mol. The molecule has 1 aliphatic heterocycles. The highest BCUT2D eigenvalue weighted by Gasteiger charge is 2.33. The minimum Gasteiger partial charge on any atom is -0.497 e. The second kappa shape index (κ2) is 8.18. The zero-order valence-corrected chi connectivity index (χ0v) is 15.1. The zero-order chi connectivity index (χ0) is 18.5. The molecule has 1 unspecified atom stereocenters. The number of hydrogen-bond acceptors (Lipinski definition) is 7. The normalized spacial score (nSPS) is 17.2. The standard InChI is InChI=1S/C18H24N4O4/c1-12-20-17(26-21-12)15-5-3-4-9-22(15)18(23)14-7-6-13(24-2)11-16(14)25-10-8-19/h6-7,11,15H,3-5,8-10,19H2,1-2H3. The van der Waals surface area contributed by atoms with Gasteiger partial charge < -0.3 is 24.6 Å². The summed E-state index contributed by atoms with van der Waals surface area (Å²) >= 11 is 0. The molecular formula is C18H24N4O4. The van der Waals surface area contributed by atoms with Crippen LogP contribution in [0.15, 0.2) is 22.7 Å². The zero-order valence-electron chi connectivity index (χ0n) is 15.1. The molecule has 1 aromatic heterocycles. The minimum atomic E-state index is -0.220. The quantitative estimate of drug-likeness (QED) is 0.841. The van der Waals surface area contributed by atoms with Crippen molar-refractivity contribution in [1.29, 1.82) is 0 Å². The van der Waals surface area contributed by atoms with Crippen molar-refractivity contribution >= 4 is 5.91 Å². The van der Waals surface area contributed by atoms with E-state index in [1.54, 1.807) is 37.1 Å². The third-order valence-corrected chi connectivity index (χ3v) is 4.39. The van der Waals surface area contributed by atoms with Gasteiger partial charge in [0.05, 0.1) is 12.7 Å². The average molecular weight is 360 g/mol. The van der Waals surface area contributed by atoms with E-state index in [1.165, 1.54) is 0 Å². The van der Waals surface area contributed by atoms with Gasteiger partial charge in [0.2, 0.25) is 5.89 Å². The van der Waals surface area contributed by atoms with E-state index in [0.717, 1.165) is 19.3 Å². The van der Waals surface area contributed by atoms with E-state index in [1.807, 2.05) is 0 Å². The number of amides is 1. The summed E-state index contributed by atoms with van der Waals surface area (Å²) in [5.74, 6) is 2.00. The molecule has 0 radical (unpaired) electrons. The Morgan fingerprint density at radius 2 is 2.27 bits per heavy atom. The van der Waals surface area contributed by atoms with E-state index < -0.39 is 0 Å². The van der Waals surface area contributed by atoms with Crippen molar-refractivity contribution in [1.82, 2.24) is 15.0 Å². The Bertz CT molecular complexity index is 761. The van der Waals surface area contributed by atoms with Gasteiger partial charge in [-0.1, -0.05) is 5.16 Å². The Balaban J connectivity index is 1.90. The van der Waals surface area contributed by atoms with Crippen LogP contribution in [0.2, 0.25) is 0 Å². The number of ether oxygens (including phenoxy) is 2. The van der Waals surface area contributed by atoms with Crippen molar-refractivity contribution in [2.24, 2.45) is 5.73 Å². The van der Waals surface area contributed by atoms with Gasteiger partial charge in [0.15, 0.2) is 5.82 Å². The highest BCUT2D eigenvalue weighted by Crippen LogP contribution is 2.34. The van der Waals surface area contributed by atoms with Crippen LogP contribution in [-0.4, -0.2) is 47.8 Å². The van der Waals surface area contributed by atoms with Gasteiger partial charge in [-0.15, -0.1) is 0 Å². The highest BCUT2D eigenvalue weighted by atomic mass is 16.5. The second-order valence-electron chi connectivity index (χ2n) is 6.19. The lowest BCUT2D eigenvalue weighted by atomic mass is 10.00. The summed E-state index contributed by atoms with van der Waals surface area (Å²) in [7, 11) is 1.57. The van der Waals surface area contributed by atoms with Gasteiger partial charge in [-0.3, -0.25) is 4.79 Å². The molecule has 26 heavy (non-hydrogen) atoms. The van der Waals surface area contributed by atoms with Gasteiger partial charge in [-0.2, -0.15) is 4.98 Å². The summed E-state index contributed by atoms with van der Waals surface area (Å²) in [6.07, 6.45) is 2.74. The third-order valence-electron chi connectivity index (χ3n) is 4.39. The fourth-order valence-electron chi connectivity index (χ4n) is 3.13. The predicted octanol–water partition coefficient (Wildman–Crippen LogP) is 2.09. The van der Waals surface area contributed by atoms with Crippen molar-refractivity contribution < 1.29 is 18.8 Å². The van der Waals surface area contributed by atoms with Gasteiger partial charge >= 0.3 is 0 Å². The molecule has 8 heteroatoms. The number of benzene rings is 1. The summed E-state index contributed by atoms with van der Waals surface area (Å²) < 4.78 is 16.2. The summed E-state index contributed by atoms with van der Waals surface area (Å²) in [4.78, 5) is 19.4. The number of rotatable bonds is 6. The molecule has 1 aliphatic rings. The van der Waals surface area contributed by atoms with Crippen LogP contribution < -0.4 is 15.2 Å². The van der Waals surface area contributed by atoms with Crippen molar-refractivity contribution in [3.8, 4) is 11.5 Å². The van der Waals surface area contributed by atoms with Crippen molar-refractivity contribution in [2.75, 3.05) is 26.8 Å². The molecule has 2 aromatic rings. The fraction of sp³-hybridized carbons (Fsp3) is 0.500. The number of hydrogen-bond donors (Lipinski definition) is 1. The molecule has 8 nitrogen and oxygen atoms in total. The van der Waals surface area contributed by atoms with Gasteiger partial charge in [0, 0.05) is 19.2 Å². The molecule has 0 spiro atoms. The number of piperidine rings is 1. The molecule has 1 aromatic carbocycles. The summed E-state index contributed by atoms with van der Waals surface area (Å²) in [5, 5.41) is 3.86. The lowest BCUT2D eigenvalue weighted by Crippen LogP contribution is -2.39. The van der Waals surface area contributed by atoms with E-state index in [0.29, 0.717) is 48.5 Å². The fourth-order valence-corrected chi connectivity index (χ4v) is 3.13. The van der Waals surface area contributed by atoms with E-state index >= 15 is 0 Å². The Kier molecular flexibility index (Phi) is 5.72. The van der Waals surface area contributed by atoms with E-state index in [4.69, 9.17) is 19.7 Å².